The van der Waals surface area contributed by atoms with Crippen molar-refractivity contribution in [3.8, 4) is 0 Å². The summed E-state index contributed by atoms with van der Waals surface area (Å²) in [7, 11) is 0. The normalized spacial score (nSPS) is 23.7. The molecule has 108 valence electrons. The molecular formula is C12H20N2O5. The maximum absolute atomic E-state index is 11.6. The fraction of sp³-hybridized carbons (Fsp3) is 0.750. The first-order valence-corrected chi connectivity index (χ1v) is 6.37. The molecule has 0 saturated carbocycles. The third-order valence-electron chi connectivity index (χ3n) is 3.12. The van der Waals surface area contributed by atoms with Crippen LogP contribution in [0, 0.1) is 5.92 Å². The van der Waals surface area contributed by atoms with Gasteiger partial charge in [-0.2, -0.15) is 0 Å². The van der Waals surface area contributed by atoms with Crippen LogP contribution in [0.5, 0.6) is 0 Å². The van der Waals surface area contributed by atoms with Crippen LogP contribution in [0.15, 0.2) is 0 Å². The molecule has 7 nitrogen and oxygen atoms in total. The van der Waals surface area contributed by atoms with Gasteiger partial charge in [0.25, 0.3) is 0 Å². The van der Waals surface area contributed by atoms with E-state index in [0.717, 1.165) is 6.42 Å². The van der Waals surface area contributed by atoms with Crippen molar-refractivity contribution in [2.24, 2.45) is 5.92 Å². The molecule has 7 heteroatoms. The van der Waals surface area contributed by atoms with Gasteiger partial charge in [-0.1, -0.05) is 6.92 Å². The summed E-state index contributed by atoms with van der Waals surface area (Å²) < 4.78 is 4.59. The van der Waals surface area contributed by atoms with E-state index in [0.29, 0.717) is 18.9 Å². The predicted octanol–water partition coefficient (Wildman–Crippen LogP) is 0.444. The second kappa shape index (κ2) is 7.08. The van der Waals surface area contributed by atoms with Gasteiger partial charge in [-0.15, -0.1) is 0 Å². The Morgan fingerprint density at radius 3 is 2.68 bits per heavy atom. The second-order valence-corrected chi connectivity index (χ2v) is 4.72. The van der Waals surface area contributed by atoms with Crippen LogP contribution in [0.3, 0.4) is 0 Å². The average Bonchev–Trinajstić information content (AvgIpc) is 2.31. The zero-order chi connectivity index (χ0) is 14.4. The van der Waals surface area contributed by atoms with Gasteiger partial charge in [0.05, 0.1) is 13.2 Å². The minimum Gasteiger partial charge on any atom is -0.480 e. The number of nitrogens with one attached hydrogen (secondary N) is 1. The van der Waals surface area contributed by atoms with E-state index in [1.165, 1.54) is 0 Å². The average molecular weight is 272 g/mol. The molecule has 0 radical (unpaired) electrons. The van der Waals surface area contributed by atoms with E-state index in [9.17, 15) is 14.4 Å². The standard InChI is InChI=1S/C12H20N2O5/c1-3-19-12(18)13-10(15)7-14-5-4-8(2)6-9(14)11(16)17/h8-9H,3-7H2,1-2H3,(H,16,17)(H,13,15,18). The largest absolute Gasteiger partial charge is 0.480 e. The van der Waals surface area contributed by atoms with Gasteiger partial charge in [-0.3, -0.25) is 19.8 Å². The number of alkyl carbamates (subject to hydrolysis) is 1. The topological polar surface area (TPSA) is 95.9 Å². The molecule has 1 fully saturated rings. The lowest BCUT2D eigenvalue weighted by Gasteiger charge is -2.35. The highest BCUT2D eigenvalue weighted by molar-refractivity contribution is 5.93. The summed E-state index contributed by atoms with van der Waals surface area (Å²) in [5.74, 6) is -1.15. The van der Waals surface area contributed by atoms with Crippen LogP contribution in [0.4, 0.5) is 4.79 Å². The number of ether oxygens (including phenoxy) is 1. The maximum Gasteiger partial charge on any atom is 0.413 e. The van der Waals surface area contributed by atoms with Crippen LogP contribution in [0.1, 0.15) is 26.7 Å². The molecule has 2 atom stereocenters. The van der Waals surface area contributed by atoms with Gasteiger partial charge in [-0.25, -0.2) is 4.79 Å². The number of imide groups is 1. The molecule has 2 unspecified atom stereocenters. The number of amides is 2. The smallest absolute Gasteiger partial charge is 0.413 e. The number of hydrogen-bond acceptors (Lipinski definition) is 5. The van der Waals surface area contributed by atoms with Crippen LogP contribution < -0.4 is 5.32 Å². The molecule has 1 aliphatic heterocycles. The molecule has 2 N–H and O–H groups in total. The van der Waals surface area contributed by atoms with E-state index < -0.39 is 24.0 Å². The third-order valence-corrected chi connectivity index (χ3v) is 3.12. The Bertz CT molecular complexity index is 358. The molecule has 0 aromatic heterocycles. The Hall–Kier alpha value is -1.63. The maximum atomic E-state index is 11.6. The van der Waals surface area contributed by atoms with E-state index in [1.54, 1.807) is 11.8 Å². The molecule has 0 aromatic rings. The minimum absolute atomic E-state index is 0.109. The number of hydrogen-bond donors (Lipinski definition) is 2. The van der Waals surface area contributed by atoms with E-state index in [-0.39, 0.29) is 13.2 Å². The van der Waals surface area contributed by atoms with E-state index in [4.69, 9.17) is 5.11 Å². The number of piperidine rings is 1. The van der Waals surface area contributed by atoms with Gasteiger partial charge in [0.1, 0.15) is 6.04 Å². The lowest BCUT2D eigenvalue weighted by molar-refractivity contribution is -0.146. The van der Waals surface area contributed by atoms with Crippen molar-refractivity contribution in [3.05, 3.63) is 0 Å². The van der Waals surface area contributed by atoms with Gasteiger partial charge < -0.3 is 9.84 Å². The zero-order valence-electron chi connectivity index (χ0n) is 11.2. The fourth-order valence-corrected chi connectivity index (χ4v) is 2.14. The molecule has 0 spiro atoms. The fourth-order valence-electron chi connectivity index (χ4n) is 2.14. The summed E-state index contributed by atoms with van der Waals surface area (Å²) in [6.07, 6.45) is 0.558. The van der Waals surface area contributed by atoms with Crippen molar-refractivity contribution in [1.29, 1.82) is 0 Å². The van der Waals surface area contributed by atoms with Crippen LogP contribution >= 0.6 is 0 Å². The molecule has 1 saturated heterocycles. The molecule has 1 heterocycles. The number of carbonyl (C=O) groups is 3. The summed E-state index contributed by atoms with van der Waals surface area (Å²) in [6, 6.07) is -0.670. The summed E-state index contributed by atoms with van der Waals surface area (Å²) in [5, 5.41) is 11.2. The van der Waals surface area contributed by atoms with Crippen LogP contribution in [0.25, 0.3) is 0 Å². The van der Waals surface area contributed by atoms with Crippen molar-refractivity contribution >= 4 is 18.0 Å². The third kappa shape index (κ3) is 4.86. The highest BCUT2D eigenvalue weighted by Gasteiger charge is 2.32. The molecule has 1 aliphatic rings. The molecule has 0 bridgehead atoms. The Labute approximate surface area is 111 Å². The van der Waals surface area contributed by atoms with Crippen molar-refractivity contribution in [1.82, 2.24) is 10.2 Å². The molecule has 1 rings (SSSR count). The van der Waals surface area contributed by atoms with Crippen molar-refractivity contribution in [2.75, 3.05) is 19.7 Å². The molecule has 2 amide bonds. The first-order valence-electron chi connectivity index (χ1n) is 6.37. The summed E-state index contributed by atoms with van der Waals surface area (Å²) in [6.45, 7) is 4.23. The molecular weight excluding hydrogens is 252 g/mol. The van der Waals surface area contributed by atoms with Crippen LogP contribution in [-0.4, -0.2) is 53.7 Å². The van der Waals surface area contributed by atoms with Crippen LogP contribution in [0.2, 0.25) is 0 Å². The number of rotatable bonds is 4. The van der Waals surface area contributed by atoms with E-state index in [1.807, 2.05) is 6.92 Å². The second-order valence-electron chi connectivity index (χ2n) is 4.72. The number of aliphatic carboxylic acids is 1. The Balaban J connectivity index is 2.51. The van der Waals surface area contributed by atoms with Crippen molar-refractivity contribution < 1.29 is 24.2 Å². The van der Waals surface area contributed by atoms with Gasteiger partial charge in [0.15, 0.2) is 0 Å². The molecule has 0 aliphatic carbocycles. The van der Waals surface area contributed by atoms with Crippen LogP contribution in [-0.2, 0) is 14.3 Å². The number of carboxylic acids is 1. The SMILES string of the molecule is CCOC(=O)NC(=O)CN1CCC(C)CC1C(=O)O. The number of carbonyl (C=O) groups excluding carboxylic acids is 2. The molecule has 0 aromatic carbocycles. The first-order chi connectivity index (χ1) is 8.93. The lowest BCUT2D eigenvalue weighted by atomic mass is 9.92. The predicted molar refractivity (Wildman–Crippen MR) is 66.6 cm³/mol. The lowest BCUT2D eigenvalue weighted by Crippen LogP contribution is -2.51. The summed E-state index contributed by atoms with van der Waals surface area (Å²) >= 11 is 0. The van der Waals surface area contributed by atoms with Gasteiger partial charge >= 0.3 is 12.1 Å². The van der Waals surface area contributed by atoms with Gasteiger partial charge in [0, 0.05) is 0 Å². The number of carboxylic acid groups (broad SMARTS) is 1. The zero-order valence-corrected chi connectivity index (χ0v) is 11.2. The number of nitrogens with zero attached hydrogens (tertiary/aromatic N) is 1. The Kier molecular flexibility index (Phi) is 5.75. The molecule has 19 heavy (non-hydrogen) atoms. The summed E-state index contributed by atoms with van der Waals surface area (Å²) in [5.41, 5.74) is 0. The van der Waals surface area contributed by atoms with Crippen molar-refractivity contribution in [3.63, 3.8) is 0 Å². The monoisotopic (exact) mass is 272 g/mol. The Morgan fingerprint density at radius 2 is 2.11 bits per heavy atom. The number of likely N-dealkylation sites (tertiary alicyclic amines) is 1. The summed E-state index contributed by atoms with van der Waals surface area (Å²) in [4.78, 5) is 35.4. The van der Waals surface area contributed by atoms with Gasteiger partial charge in [0.2, 0.25) is 5.91 Å². The Morgan fingerprint density at radius 1 is 1.42 bits per heavy atom. The highest BCUT2D eigenvalue weighted by atomic mass is 16.5. The quantitative estimate of drug-likeness (QED) is 0.771. The van der Waals surface area contributed by atoms with Crippen molar-refractivity contribution in [2.45, 2.75) is 32.7 Å². The highest BCUT2D eigenvalue weighted by Crippen LogP contribution is 2.22. The van der Waals surface area contributed by atoms with Gasteiger partial charge in [-0.05, 0) is 32.2 Å². The van der Waals surface area contributed by atoms with E-state index >= 15 is 0 Å². The van der Waals surface area contributed by atoms with E-state index in [2.05, 4.69) is 10.1 Å². The minimum atomic E-state index is -0.935. The first kappa shape index (κ1) is 15.4.